The zero-order valence-corrected chi connectivity index (χ0v) is 15.9. The van der Waals surface area contributed by atoms with Gasteiger partial charge in [0.1, 0.15) is 6.61 Å². The molecule has 0 N–H and O–H groups in total. The summed E-state index contributed by atoms with van der Waals surface area (Å²) in [6.07, 6.45) is 0.959. The molecule has 1 aromatic carbocycles. The third kappa shape index (κ3) is 6.52. The molecule has 0 radical (unpaired) electrons. The number of carbonyl (C=O) groups excluding carboxylic acids is 1. The molecule has 23 heavy (non-hydrogen) atoms. The molecule has 3 unspecified atom stereocenters. The van der Waals surface area contributed by atoms with Crippen LogP contribution in [0, 0.1) is 5.92 Å². The molecule has 0 bridgehead atoms. The molecule has 0 saturated heterocycles. The predicted octanol–water partition coefficient (Wildman–Crippen LogP) is 4.51. The Labute approximate surface area is 147 Å². The number of hydrogen-bond acceptors (Lipinski definition) is 3. The van der Waals surface area contributed by atoms with Gasteiger partial charge in [-0.3, -0.25) is 9.69 Å². The van der Waals surface area contributed by atoms with Gasteiger partial charge in [0.05, 0.1) is 5.92 Å². The van der Waals surface area contributed by atoms with E-state index in [1.54, 1.807) is 0 Å². The minimum atomic E-state index is -0.171. The molecule has 0 aromatic heterocycles. The molecule has 0 amide bonds. The van der Waals surface area contributed by atoms with Gasteiger partial charge in [0.2, 0.25) is 0 Å². The molecule has 0 saturated carbocycles. The first-order valence-corrected chi connectivity index (χ1v) is 8.50. The van der Waals surface area contributed by atoms with Crippen LogP contribution in [0.5, 0.6) is 0 Å². The van der Waals surface area contributed by atoms with Gasteiger partial charge in [0.25, 0.3) is 0 Å². The van der Waals surface area contributed by atoms with Gasteiger partial charge in [-0.25, -0.2) is 0 Å². The summed E-state index contributed by atoms with van der Waals surface area (Å²) in [5, 5.41) is 0. The molecule has 3 nitrogen and oxygen atoms in total. The number of halogens is 1. The van der Waals surface area contributed by atoms with Crippen molar-refractivity contribution in [2.45, 2.75) is 53.0 Å². The summed E-state index contributed by atoms with van der Waals surface area (Å²) in [5.41, 5.74) is 1.05. The fourth-order valence-corrected chi connectivity index (χ4v) is 2.84. The Kier molecular flexibility index (Phi) is 10.9. The largest absolute Gasteiger partial charge is 0.464 e. The second kappa shape index (κ2) is 11.5. The summed E-state index contributed by atoms with van der Waals surface area (Å²) in [4.78, 5) is 14.9. The molecule has 4 heteroatoms. The van der Waals surface area contributed by atoms with Gasteiger partial charge < -0.3 is 4.74 Å². The molecule has 0 heterocycles. The van der Waals surface area contributed by atoms with Crippen LogP contribution in [0.15, 0.2) is 30.3 Å². The Morgan fingerprint density at radius 3 is 2.13 bits per heavy atom. The number of nitrogens with zero attached hydrogens (tertiary/aromatic N) is 1. The number of hydrogen-bond donors (Lipinski definition) is 0. The Balaban J connectivity index is 0.00000484. The highest BCUT2D eigenvalue weighted by atomic mass is 35.5. The van der Waals surface area contributed by atoms with Crippen molar-refractivity contribution in [1.82, 2.24) is 4.90 Å². The highest BCUT2D eigenvalue weighted by molar-refractivity contribution is 5.85. The predicted molar refractivity (Wildman–Crippen MR) is 99.2 cm³/mol. The second-order valence-corrected chi connectivity index (χ2v) is 5.97. The molecular formula is C19H32ClNO2. The Morgan fingerprint density at radius 1 is 1.09 bits per heavy atom. The molecule has 0 aliphatic carbocycles. The van der Waals surface area contributed by atoms with Gasteiger partial charge in [0, 0.05) is 6.04 Å². The monoisotopic (exact) mass is 341 g/mol. The molecule has 132 valence electrons. The fraction of sp³-hybridized carbons (Fsp3) is 0.632. The van der Waals surface area contributed by atoms with Crippen LogP contribution in [-0.2, 0) is 9.53 Å². The topological polar surface area (TPSA) is 29.5 Å². The van der Waals surface area contributed by atoms with E-state index in [0.717, 1.165) is 25.1 Å². The maximum atomic E-state index is 12.6. The van der Waals surface area contributed by atoms with Gasteiger partial charge in [-0.05, 0) is 31.5 Å². The second-order valence-electron chi connectivity index (χ2n) is 5.97. The molecule has 3 atom stereocenters. The number of rotatable bonds is 9. The van der Waals surface area contributed by atoms with Crippen molar-refractivity contribution >= 4 is 18.4 Å². The lowest BCUT2D eigenvalue weighted by molar-refractivity contribution is -0.148. The molecule has 0 fully saturated rings. The SMILES string of the molecule is CCC(C)C(C(=O)OCC(C)N(CC)CC)c1ccccc1.Cl. The number of carbonyl (C=O) groups is 1. The van der Waals surface area contributed by atoms with E-state index in [-0.39, 0.29) is 36.3 Å². The highest BCUT2D eigenvalue weighted by Crippen LogP contribution is 2.28. The van der Waals surface area contributed by atoms with E-state index in [0.29, 0.717) is 6.61 Å². The third-order valence-corrected chi connectivity index (χ3v) is 4.53. The third-order valence-electron chi connectivity index (χ3n) is 4.53. The quantitative estimate of drug-likeness (QED) is 0.619. The maximum absolute atomic E-state index is 12.6. The number of likely N-dealkylation sites (N-methyl/N-ethyl adjacent to an activating group) is 1. The van der Waals surface area contributed by atoms with E-state index in [4.69, 9.17) is 4.74 Å². The summed E-state index contributed by atoms with van der Waals surface area (Å²) in [7, 11) is 0. The summed E-state index contributed by atoms with van der Waals surface area (Å²) in [6, 6.07) is 10.2. The van der Waals surface area contributed by atoms with Crippen molar-refractivity contribution in [3.8, 4) is 0 Å². The first kappa shape index (κ1) is 21.9. The van der Waals surface area contributed by atoms with Crippen LogP contribution in [0.3, 0.4) is 0 Å². The lowest BCUT2D eigenvalue weighted by Gasteiger charge is -2.27. The van der Waals surface area contributed by atoms with Gasteiger partial charge in [-0.15, -0.1) is 12.4 Å². The van der Waals surface area contributed by atoms with Crippen LogP contribution in [0.1, 0.15) is 52.5 Å². The zero-order chi connectivity index (χ0) is 16.5. The van der Waals surface area contributed by atoms with Gasteiger partial charge in [-0.2, -0.15) is 0 Å². The first-order chi connectivity index (χ1) is 10.5. The van der Waals surface area contributed by atoms with Crippen LogP contribution >= 0.6 is 12.4 Å². The number of esters is 1. The van der Waals surface area contributed by atoms with Crippen LogP contribution in [0.4, 0.5) is 0 Å². The van der Waals surface area contributed by atoms with Crippen LogP contribution in [0.25, 0.3) is 0 Å². The number of benzene rings is 1. The van der Waals surface area contributed by atoms with E-state index < -0.39 is 0 Å². The van der Waals surface area contributed by atoms with Crippen molar-refractivity contribution in [2.24, 2.45) is 5.92 Å². The molecule has 1 rings (SSSR count). The Morgan fingerprint density at radius 2 is 1.65 bits per heavy atom. The van der Waals surface area contributed by atoms with Crippen molar-refractivity contribution < 1.29 is 9.53 Å². The van der Waals surface area contributed by atoms with E-state index >= 15 is 0 Å². The van der Waals surface area contributed by atoms with E-state index in [2.05, 4.69) is 39.5 Å². The maximum Gasteiger partial charge on any atom is 0.313 e. The average molecular weight is 342 g/mol. The smallest absolute Gasteiger partial charge is 0.313 e. The minimum Gasteiger partial charge on any atom is -0.464 e. The highest BCUT2D eigenvalue weighted by Gasteiger charge is 2.27. The summed E-state index contributed by atoms with van der Waals surface area (Å²) < 4.78 is 5.65. The normalized spacial score (nSPS) is 14.7. The number of ether oxygens (including phenoxy) is 1. The van der Waals surface area contributed by atoms with E-state index in [9.17, 15) is 4.79 Å². The van der Waals surface area contributed by atoms with Crippen molar-refractivity contribution in [3.05, 3.63) is 35.9 Å². The molecule has 0 aliphatic rings. The minimum absolute atomic E-state index is 0. The average Bonchev–Trinajstić information content (AvgIpc) is 2.55. The van der Waals surface area contributed by atoms with Crippen molar-refractivity contribution in [1.29, 1.82) is 0 Å². The van der Waals surface area contributed by atoms with E-state index in [1.807, 2.05) is 30.3 Å². The summed E-state index contributed by atoms with van der Waals surface area (Å²) >= 11 is 0. The summed E-state index contributed by atoms with van der Waals surface area (Å²) in [6.45, 7) is 13.0. The van der Waals surface area contributed by atoms with Crippen molar-refractivity contribution in [2.75, 3.05) is 19.7 Å². The lowest BCUT2D eigenvalue weighted by Crippen LogP contribution is -2.37. The first-order valence-electron chi connectivity index (χ1n) is 8.50. The standard InChI is InChI=1S/C19H31NO2.ClH/c1-6-15(4)18(17-12-10-9-11-13-17)19(21)22-14-16(5)20(7-2)8-3;/h9-13,15-16,18H,6-8,14H2,1-5H3;1H. The van der Waals surface area contributed by atoms with Gasteiger partial charge in [-0.1, -0.05) is 64.4 Å². The fourth-order valence-electron chi connectivity index (χ4n) is 2.84. The molecule has 1 aromatic rings. The molecule has 0 spiro atoms. The van der Waals surface area contributed by atoms with Crippen LogP contribution in [0.2, 0.25) is 0 Å². The molecule has 0 aliphatic heterocycles. The van der Waals surface area contributed by atoms with E-state index in [1.165, 1.54) is 0 Å². The summed E-state index contributed by atoms with van der Waals surface area (Å²) in [5.74, 6) is 0.00770. The Hall–Kier alpha value is -1.06. The van der Waals surface area contributed by atoms with Crippen LogP contribution < -0.4 is 0 Å². The van der Waals surface area contributed by atoms with Crippen molar-refractivity contribution in [3.63, 3.8) is 0 Å². The van der Waals surface area contributed by atoms with Crippen LogP contribution in [-0.4, -0.2) is 36.6 Å². The van der Waals surface area contributed by atoms with Gasteiger partial charge in [0.15, 0.2) is 0 Å². The zero-order valence-electron chi connectivity index (χ0n) is 15.1. The Bertz CT molecular complexity index is 434. The molecular weight excluding hydrogens is 310 g/mol. The lowest BCUT2D eigenvalue weighted by atomic mass is 9.85. The van der Waals surface area contributed by atoms with Gasteiger partial charge >= 0.3 is 5.97 Å².